The summed E-state index contributed by atoms with van der Waals surface area (Å²) in [6.45, 7) is 6.30. The van der Waals surface area contributed by atoms with E-state index in [1.165, 1.54) is 34.2 Å². The summed E-state index contributed by atoms with van der Waals surface area (Å²) in [6, 6.07) is 3.53. The molecule has 2 aliphatic heterocycles. The summed E-state index contributed by atoms with van der Waals surface area (Å²) in [5, 5.41) is 1.55. The van der Waals surface area contributed by atoms with Gasteiger partial charge in [0.15, 0.2) is 11.5 Å². The van der Waals surface area contributed by atoms with E-state index < -0.39 is 11.9 Å². The Morgan fingerprint density at radius 3 is 1.95 bits per heavy atom. The maximum atomic E-state index is 12.6. The molecule has 1 amide bonds. The van der Waals surface area contributed by atoms with E-state index in [0.29, 0.717) is 50.0 Å². The quantitative estimate of drug-likeness (QED) is 0.285. The number of likely N-dealkylation sites (tertiary alicyclic amines) is 1. The van der Waals surface area contributed by atoms with Gasteiger partial charge in [0.05, 0.1) is 27.9 Å². The first-order valence-electron chi connectivity index (χ1n) is 13.5. The first kappa shape index (κ1) is 33.3. The molecule has 0 aromatic heterocycles. The third-order valence-corrected chi connectivity index (χ3v) is 6.54. The van der Waals surface area contributed by atoms with Crippen molar-refractivity contribution < 1.29 is 43.0 Å². The predicted molar refractivity (Wildman–Crippen MR) is 152 cm³/mol. The van der Waals surface area contributed by atoms with E-state index in [1.54, 1.807) is 29.3 Å². The molecule has 41 heavy (non-hydrogen) atoms. The van der Waals surface area contributed by atoms with Crippen LogP contribution in [-0.2, 0) is 28.8 Å². The van der Waals surface area contributed by atoms with E-state index in [-0.39, 0.29) is 12.5 Å². The maximum absolute atomic E-state index is 12.6. The smallest absolute Gasteiger partial charge is 0.349 e. The molecule has 0 atom stereocenters. The second-order valence-electron chi connectivity index (χ2n) is 9.23. The van der Waals surface area contributed by atoms with Crippen LogP contribution in [-0.4, -0.2) is 113 Å². The van der Waals surface area contributed by atoms with Gasteiger partial charge in [0.1, 0.15) is 13.4 Å². The first-order valence-corrected chi connectivity index (χ1v) is 13.5. The van der Waals surface area contributed by atoms with Crippen molar-refractivity contribution in [1.29, 1.82) is 0 Å². The zero-order chi connectivity index (χ0) is 30.0. The van der Waals surface area contributed by atoms with Gasteiger partial charge in [0.25, 0.3) is 0 Å². The van der Waals surface area contributed by atoms with Crippen LogP contribution in [0.5, 0.6) is 17.2 Å². The molecule has 1 aromatic carbocycles. The van der Waals surface area contributed by atoms with E-state index in [2.05, 4.69) is 4.90 Å². The van der Waals surface area contributed by atoms with Gasteiger partial charge in [-0.25, -0.2) is 9.59 Å². The van der Waals surface area contributed by atoms with Crippen LogP contribution in [0, 0.1) is 0 Å². The maximum Gasteiger partial charge on any atom is 0.349 e. The molecule has 0 unspecified atom stereocenters. The summed E-state index contributed by atoms with van der Waals surface area (Å²) in [5.74, 6) is 0.352. The first-order chi connectivity index (χ1) is 19.9. The molecule has 1 aromatic rings. The Morgan fingerprint density at radius 2 is 1.39 bits per heavy atom. The Hall–Kier alpha value is -3.90. The Labute approximate surface area is 241 Å². The third-order valence-electron chi connectivity index (χ3n) is 6.54. The summed E-state index contributed by atoms with van der Waals surface area (Å²) in [4.78, 5) is 54.0. The van der Waals surface area contributed by atoms with Gasteiger partial charge in [-0.2, -0.15) is 0 Å². The van der Waals surface area contributed by atoms with Crippen molar-refractivity contribution in [2.75, 3.05) is 73.7 Å². The minimum atomic E-state index is -0.668. The van der Waals surface area contributed by atoms with Crippen molar-refractivity contribution in [3.63, 3.8) is 0 Å². The molecule has 2 saturated heterocycles. The Kier molecular flexibility index (Phi) is 15.0. The van der Waals surface area contributed by atoms with Gasteiger partial charge in [0, 0.05) is 51.4 Å². The molecule has 12 nitrogen and oxygen atoms in total. The van der Waals surface area contributed by atoms with E-state index in [0.717, 1.165) is 43.6 Å². The molecule has 12 heteroatoms. The van der Waals surface area contributed by atoms with E-state index >= 15 is 0 Å². The van der Waals surface area contributed by atoms with Crippen LogP contribution in [0.2, 0.25) is 0 Å². The number of ether oxygens (including phenoxy) is 4. The Bertz CT molecular complexity index is 1020. The zero-order valence-electron chi connectivity index (χ0n) is 24.2. The van der Waals surface area contributed by atoms with Crippen LogP contribution < -0.4 is 14.2 Å². The van der Waals surface area contributed by atoms with Crippen LogP contribution in [0.4, 0.5) is 0 Å². The van der Waals surface area contributed by atoms with Gasteiger partial charge in [-0.1, -0.05) is 18.9 Å². The summed E-state index contributed by atoms with van der Waals surface area (Å²) in [6.07, 6.45) is 10.00. The van der Waals surface area contributed by atoms with Gasteiger partial charge in [0.2, 0.25) is 11.7 Å². The molecule has 0 saturated carbocycles. The number of carbonyl (C=O) groups excluding carboxylic acids is 4. The Balaban J connectivity index is 0.00000287. The van der Waals surface area contributed by atoms with Crippen LogP contribution in [0.15, 0.2) is 30.4 Å². The molecule has 0 spiro atoms. The predicted octanol–water partition coefficient (Wildman–Crippen LogP) is 2.12. The van der Waals surface area contributed by atoms with Crippen LogP contribution in [0.1, 0.15) is 31.2 Å². The fourth-order valence-corrected chi connectivity index (χ4v) is 4.44. The highest BCUT2D eigenvalue weighted by Gasteiger charge is 2.24. The SMILES string of the molecule is C=O.COc1cc(/C=C/COC(=O)/C=C\C(=O)ON2CCN(CC(=O)N3CCCCCC3)CC2)cc(OC)c1OC. The number of rotatable bonds is 11. The largest absolute Gasteiger partial charge is 0.493 e. The molecule has 0 bridgehead atoms. The lowest BCUT2D eigenvalue weighted by atomic mass is 10.1. The minimum absolute atomic E-state index is 0.00693. The summed E-state index contributed by atoms with van der Waals surface area (Å²) in [5.41, 5.74) is 0.770. The average molecular weight is 576 g/mol. The Morgan fingerprint density at radius 1 is 0.805 bits per heavy atom. The average Bonchev–Trinajstić information content (AvgIpc) is 3.29. The zero-order valence-corrected chi connectivity index (χ0v) is 24.2. The second kappa shape index (κ2) is 18.4. The number of nitrogens with zero attached hydrogens (tertiary/aromatic N) is 3. The molecule has 2 aliphatic rings. The standard InChI is InChI=1S/C28H39N3O8.CH2O/c1-35-23-19-22(20-24(36-2)28(23)37-3)9-8-18-38-26(33)10-11-27(34)39-31-16-14-29(15-17-31)21-25(32)30-12-6-4-5-7-13-30;1-2/h8-11,19-20H,4-7,12-18,21H2,1-3H3;1H2/b9-8+,11-10-;. The van der Waals surface area contributed by atoms with Crippen LogP contribution >= 0.6 is 0 Å². The molecule has 0 aliphatic carbocycles. The molecule has 3 rings (SSSR count). The van der Waals surface area contributed by atoms with Crippen molar-refractivity contribution in [3.8, 4) is 17.2 Å². The van der Waals surface area contributed by atoms with Gasteiger partial charge in [-0.15, -0.1) is 5.06 Å². The summed E-state index contributed by atoms with van der Waals surface area (Å²) >= 11 is 0. The van der Waals surface area contributed by atoms with Crippen molar-refractivity contribution in [3.05, 3.63) is 35.9 Å². The van der Waals surface area contributed by atoms with Crippen molar-refractivity contribution >= 4 is 30.7 Å². The lowest BCUT2D eigenvalue weighted by Gasteiger charge is -2.33. The molecular weight excluding hydrogens is 534 g/mol. The summed E-state index contributed by atoms with van der Waals surface area (Å²) in [7, 11) is 4.59. The fourth-order valence-electron chi connectivity index (χ4n) is 4.44. The molecule has 226 valence electrons. The highest BCUT2D eigenvalue weighted by Crippen LogP contribution is 2.38. The van der Waals surface area contributed by atoms with Gasteiger partial charge >= 0.3 is 11.9 Å². The molecular formula is C29H41N3O9. The van der Waals surface area contributed by atoms with Crippen molar-refractivity contribution in [2.24, 2.45) is 0 Å². The number of carbonyl (C=O) groups is 4. The highest BCUT2D eigenvalue weighted by molar-refractivity contribution is 5.91. The third kappa shape index (κ3) is 11.2. The number of benzene rings is 1. The monoisotopic (exact) mass is 575 g/mol. The molecule has 0 radical (unpaired) electrons. The van der Waals surface area contributed by atoms with E-state index in [1.807, 2.05) is 11.7 Å². The fraction of sp³-hybridized carbons (Fsp3) is 0.517. The number of methoxy groups -OCH3 is 3. The number of esters is 1. The van der Waals surface area contributed by atoms with Crippen LogP contribution in [0.3, 0.4) is 0 Å². The van der Waals surface area contributed by atoms with Crippen LogP contribution in [0.25, 0.3) is 6.08 Å². The van der Waals surface area contributed by atoms with E-state index in [9.17, 15) is 14.4 Å². The van der Waals surface area contributed by atoms with Crippen molar-refractivity contribution in [1.82, 2.24) is 14.9 Å². The van der Waals surface area contributed by atoms with Gasteiger partial charge in [-0.05, 0) is 36.6 Å². The molecule has 2 heterocycles. The minimum Gasteiger partial charge on any atom is -0.493 e. The van der Waals surface area contributed by atoms with E-state index in [4.69, 9.17) is 28.6 Å². The lowest BCUT2D eigenvalue weighted by Crippen LogP contribution is -2.50. The number of hydroxylamine groups is 2. The molecule has 2 fully saturated rings. The number of piperazine rings is 1. The number of hydrogen-bond donors (Lipinski definition) is 0. The highest BCUT2D eigenvalue weighted by atomic mass is 16.7. The second-order valence-corrected chi connectivity index (χ2v) is 9.23. The molecule has 0 N–H and O–H groups in total. The normalized spacial score (nSPS) is 16.4. The summed E-state index contributed by atoms with van der Waals surface area (Å²) < 4.78 is 21.0. The number of amides is 1. The van der Waals surface area contributed by atoms with Gasteiger partial charge < -0.3 is 33.5 Å². The van der Waals surface area contributed by atoms with Gasteiger partial charge in [-0.3, -0.25) is 9.69 Å². The topological polar surface area (TPSA) is 124 Å². The lowest BCUT2D eigenvalue weighted by molar-refractivity contribution is -0.191. The van der Waals surface area contributed by atoms with Crippen molar-refractivity contribution in [2.45, 2.75) is 25.7 Å². The number of hydrogen-bond acceptors (Lipinski definition) is 11.